The van der Waals surface area contributed by atoms with E-state index < -0.39 is 28.4 Å². The Hall–Kier alpha value is -3.16. The van der Waals surface area contributed by atoms with E-state index in [4.69, 9.17) is 9.84 Å². The van der Waals surface area contributed by atoms with Crippen molar-refractivity contribution in [3.8, 4) is 0 Å². The van der Waals surface area contributed by atoms with Crippen molar-refractivity contribution in [2.75, 3.05) is 60.0 Å². The number of ether oxygens (including phenoxy) is 1. The number of halogens is 2. The molecule has 13 heteroatoms. The highest BCUT2D eigenvalue weighted by Gasteiger charge is 2.46. The topological polar surface area (TPSA) is 121 Å². The van der Waals surface area contributed by atoms with E-state index >= 15 is 0 Å². The predicted octanol–water partition coefficient (Wildman–Crippen LogP) is 3.98. The number of benzene rings is 1. The zero-order valence-electron chi connectivity index (χ0n) is 24.3. The molecule has 2 aliphatic heterocycles. The van der Waals surface area contributed by atoms with Crippen LogP contribution in [0.5, 0.6) is 0 Å². The molecule has 2 aromatic heterocycles. The molecule has 0 aliphatic carbocycles. The van der Waals surface area contributed by atoms with E-state index in [-0.39, 0.29) is 49.2 Å². The second-order valence-corrected chi connectivity index (χ2v) is 13.8. The lowest BCUT2D eigenvalue weighted by Gasteiger charge is -2.48. The molecule has 4 heterocycles. The molecule has 10 nitrogen and oxygen atoms in total. The third kappa shape index (κ3) is 6.42. The zero-order valence-corrected chi connectivity index (χ0v) is 25.1. The number of anilines is 4. The molecule has 0 amide bonds. The third-order valence-electron chi connectivity index (χ3n) is 8.09. The van der Waals surface area contributed by atoms with Gasteiger partial charge < -0.3 is 25.0 Å². The van der Waals surface area contributed by atoms with E-state index in [9.17, 15) is 17.2 Å². The average molecular weight is 605 g/mol. The van der Waals surface area contributed by atoms with Gasteiger partial charge in [-0.1, -0.05) is 19.9 Å². The molecule has 0 spiro atoms. The van der Waals surface area contributed by atoms with Crippen molar-refractivity contribution in [3.63, 3.8) is 0 Å². The lowest BCUT2D eigenvalue weighted by molar-refractivity contribution is -0.146. The normalized spacial score (nSPS) is 22.4. The number of pyridine rings is 1. The zero-order chi connectivity index (χ0) is 30.2. The highest BCUT2D eigenvalue weighted by molar-refractivity contribution is 7.90. The summed E-state index contributed by atoms with van der Waals surface area (Å²) in [6, 6.07) is 7.91. The van der Waals surface area contributed by atoms with Crippen molar-refractivity contribution in [2.45, 2.75) is 51.2 Å². The van der Waals surface area contributed by atoms with Crippen LogP contribution in [0.2, 0.25) is 0 Å². The fourth-order valence-electron chi connectivity index (χ4n) is 5.85. The van der Waals surface area contributed by atoms with Crippen LogP contribution in [-0.2, 0) is 14.6 Å². The molecule has 3 atom stereocenters. The predicted molar refractivity (Wildman–Crippen MR) is 160 cm³/mol. The number of nitrogens with zero attached hydrogens (tertiary/aromatic N) is 5. The Morgan fingerprint density at radius 1 is 1.19 bits per heavy atom. The van der Waals surface area contributed by atoms with Gasteiger partial charge in [-0.05, 0) is 48.4 Å². The molecule has 2 N–H and O–H groups in total. The van der Waals surface area contributed by atoms with Crippen LogP contribution in [0.15, 0.2) is 36.7 Å². The van der Waals surface area contributed by atoms with Crippen LogP contribution in [0, 0.1) is 5.92 Å². The summed E-state index contributed by atoms with van der Waals surface area (Å²) >= 11 is 0. The Labute approximate surface area is 245 Å². The highest BCUT2D eigenvalue weighted by Crippen LogP contribution is 2.40. The fraction of sp³-hybridized carbons (Fsp3) is 0.552. The van der Waals surface area contributed by atoms with Gasteiger partial charge in [-0.3, -0.25) is 0 Å². The Bertz CT molecular complexity index is 1540. The Kier molecular flexibility index (Phi) is 8.55. The SMILES string of the molecule is CC(C)c1ccc(N2C[C@H](CS(C)(=O)=O)[C@H]2C)c2cnc(Nc3ccnc(N4CC[C@@H](OCCO)C(F)(F)C4)n3)cc12. The molecule has 42 heavy (non-hydrogen) atoms. The lowest BCUT2D eigenvalue weighted by atomic mass is 9.88. The molecule has 2 aliphatic rings. The van der Waals surface area contributed by atoms with Crippen LogP contribution in [0.1, 0.15) is 38.7 Å². The van der Waals surface area contributed by atoms with Crippen LogP contribution in [0.3, 0.4) is 0 Å². The van der Waals surface area contributed by atoms with Crippen LogP contribution in [0.25, 0.3) is 10.8 Å². The molecule has 0 saturated carbocycles. The summed E-state index contributed by atoms with van der Waals surface area (Å²) in [7, 11) is -3.05. The molecule has 3 aromatic rings. The van der Waals surface area contributed by atoms with Gasteiger partial charge in [0.2, 0.25) is 5.95 Å². The number of alkyl halides is 2. The van der Waals surface area contributed by atoms with Crippen LogP contribution in [-0.4, -0.2) is 91.4 Å². The molecule has 5 rings (SSSR count). The second kappa shape index (κ2) is 11.8. The van der Waals surface area contributed by atoms with Gasteiger partial charge in [0.05, 0.1) is 25.5 Å². The number of aliphatic hydroxyl groups is 1. The van der Waals surface area contributed by atoms with Crippen molar-refractivity contribution < 1.29 is 27.0 Å². The maximum Gasteiger partial charge on any atom is 0.290 e. The number of rotatable bonds is 10. The summed E-state index contributed by atoms with van der Waals surface area (Å²) in [5.41, 5.74) is 2.17. The number of piperidine rings is 1. The summed E-state index contributed by atoms with van der Waals surface area (Å²) in [5.74, 6) is -1.44. The van der Waals surface area contributed by atoms with Crippen LogP contribution in [0.4, 0.5) is 32.1 Å². The number of hydrogen-bond donors (Lipinski definition) is 2. The summed E-state index contributed by atoms with van der Waals surface area (Å²) in [5, 5.41) is 14.1. The van der Waals surface area contributed by atoms with Crippen LogP contribution >= 0.6 is 0 Å². The number of fused-ring (bicyclic) bond motifs is 1. The summed E-state index contributed by atoms with van der Waals surface area (Å²) in [4.78, 5) is 17.0. The minimum Gasteiger partial charge on any atom is -0.394 e. The quantitative estimate of drug-likeness (QED) is 0.352. The van der Waals surface area contributed by atoms with Gasteiger partial charge >= 0.3 is 0 Å². The maximum absolute atomic E-state index is 14.7. The Morgan fingerprint density at radius 3 is 2.64 bits per heavy atom. The van der Waals surface area contributed by atoms with Gasteiger partial charge in [-0.2, -0.15) is 4.98 Å². The van der Waals surface area contributed by atoms with Gasteiger partial charge in [-0.25, -0.2) is 27.2 Å². The first kappa shape index (κ1) is 30.3. The maximum atomic E-state index is 14.7. The highest BCUT2D eigenvalue weighted by atomic mass is 32.2. The molecule has 2 fully saturated rings. The first-order valence-corrected chi connectivity index (χ1v) is 16.2. The number of sulfone groups is 1. The van der Waals surface area contributed by atoms with E-state index in [1.807, 2.05) is 12.3 Å². The molecule has 228 valence electrons. The summed E-state index contributed by atoms with van der Waals surface area (Å²) in [6.45, 7) is 6.25. The molecule has 2 saturated heterocycles. The van der Waals surface area contributed by atoms with E-state index in [2.05, 4.69) is 58.1 Å². The van der Waals surface area contributed by atoms with E-state index in [1.54, 1.807) is 6.07 Å². The van der Waals surface area contributed by atoms with Gasteiger partial charge in [0, 0.05) is 54.8 Å². The first-order valence-electron chi connectivity index (χ1n) is 14.2. The lowest BCUT2D eigenvalue weighted by Crippen LogP contribution is -2.57. The van der Waals surface area contributed by atoms with E-state index in [0.29, 0.717) is 24.7 Å². The van der Waals surface area contributed by atoms with E-state index in [0.717, 1.165) is 22.0 Å². The minimum atomic E-state index is -3.11. The number of aliphatic hydroxyl groups excluding tert-OH is 1. The molecular weight excluding hydrogens is 566 g/mol. The summed E-state index contributed by atoms with van der Waals surface area (Å²) in [6.07, 6.45) is 3.45. The molecule has 0 bridgehead atoms. The monoisotopic (exact) mass is 604 g/mol. The smallest absolute Gasteiger partial charge is 0.290 e. The molecule has 0 unspecified atom stereocenters. The minimum absolute atomic E-state index is 0.0829. The standard InChI is InChI=1S/C29H38F2N6O4S/c1-18(2)21-5-6-24(37-15-20(19(37)3)16-42(4,39)40)23-14-33-27(13-22(21)23)34-26-7-9-32-28(35-26)36-10-8-25(41-12-11-38)29(30,31)17-36/h5-7,9,13-14,18-20,25,38H,8,10-12,15-17H2,1-4H3,(H,32,33,34,35)/t19-,20-,25-/m1/s1. The van der Waals surface area contributed by atoms with Gasteiger partial charge in [0.15, 0.2) is 0 Å². The van der Waals surface area contributed by atoms with Crippen molar-refractivity contribution >= 4 is 43.9 Å². The summed E-state index contributed by atoms with van der Waals surface area (Å²) < 4.78 is 58.2. The van der Waals surface area contributed by atoms with Gasteiger partial charge in [0.25, 0.3) is 5.92 Å². The molecule has 0 radical (unpaired) electrons. The second-order valence-electron chi connectivity index (χ2n) is 11.6. The van der Waals surface area contributed by atoms with Crippen LogP contribution < -0.4 is 15.1 Å². The van der Waals surface area contributed by atoms with Crippen molar-refractivity contribution in [1.82, 2.24) is 15.0 Å². The fourth-order valence-corrected chi connectivity index (χ4v) is 7.01. The number of nitrogens with one attached hydrogen (secondary N) is 1. The first-order chi connectivity index (χ1) is 19.9. The van der Waals surface area contributed by atoms with E-state index in [1.165, 1.54) is 17.4 Å². The Balaban J connectivity index is 1.37. The number of hydrogen-bond acceptors (Lipinski definition) is 10. The van der Waals surface area contributed by atoms with Crippen molar-refractivity contribution in [1.29, 1.82) is 0 Å². The third-order valence-corrected chi connectivity index (χ3v) is 9.12. The average Bonchev–Trinajstić information content (AvgIpc) is 2.93. The van der Waals surface area contributed by atoms with Gasteiger partial charge in [0.1, 0.15) is 27.6 Å². The number of aromatic nitrogens is 3. The van der Waals surface area contributed by atoms with Crippen molar-refractivity contribution in [3.05, 3.63) is 42.2 Å². The van der Waals surface area contributed by atoms with Gasteiger partial charge in [-0.15, -0.1) is 0 Å². The largest absolute Gasteiger partial charge is 0.394 e. The van der Waals surface area contributed by atoms with Crippen molar-refractivity contribution in [2.24, 2.45) is 5.92 Å². The molecule has 1 aromatic carbocycles. The molecular formula is C29H38F2N6O4S. The Morgan fingerprint density at radius 2 is 1.98 bits per heavy atom.